The van der Waals surface area contributed by atoms with Crippen molar-refractivity contribution in [2.45, 2.75) is 109 Å². The molecule has 0 aliphatic carbocycles. The maximum absolute atomic E-state index is 13.0. The Kier molecular flexibility index (Phi) is 14.9. The summed E-state index contributed by atoms with van der Waals surface area (Å²) in [6, 6.07) is 0. The van der Waals surface area contributed by atoms with Gasteiger partial charge in [-0.2, -0.15) is 0 Å². The molecule has 2 aliphatic rings. The van der Waals surface area contributed by atoms with E-state index in [1.54, 1.807) is 26.8 Å². The van der Waals surface area contributed by atoms with Gasteiger partial charge in [0.2, 0.25) is 0 Å². The first-order valence-electron chi connectivity index (χ1n) is 14.8. The fraction of sp³-hybridized carbons (Fsp3) is 0.774. The molecule has 2 heterocycles. The molecule has 1 fully saturated rings. The number of aldehydes is 1. The Morgan fingerprint density at radius 3 is 2.29 bits per heavy atom. The monoisotopic (exact) mass is 598 g/mol. The number of carbonyl (C=O) groups is 3. The van der Waals surface area contributed by atoms with E-state index in [0.29, 0.717) is 12.7 Å². The Balaban J connectivity index is 2.38. The average Bonchev–Trinajstić information content (AvgIpc) is 2.96. The smallest absolute Gasteiger partial charge is 0.308 e. The molecule has 240 valence electrons. The lowest BCUT2D eigenvalue weighted by Crippen LogP contribution is -2.59. The summed E-state index contributed by atoms with van der Waals surface area (Å²) in [6.45, 7) is 8.78. The predicted octanol–water partition coefficient (Wildman–Crippen LogP) is 2.14. The molecule has 2 aliphatic heterocycles. The fourth-order valence-corrected chi connectivity index (χ4v) is 5.65. The van der Waals surface area contributed by atoms with Crippen LogP contribution < -0.4 is 0 Å². The minimum absolute atomic E-state index is 0.0278. The summed E-state index contributed by atoms with van der Waals surface area (Å²) >= 11 is 0. The van der Waals surface area contributed by atoms with Crippen LogP contribution in [0.5, 0.6) is 0 Å². The molecule has 0 aromatic carbocycles. The van der Waals surface area contributed by atoms with Crippen molar-refractivity contribution in [3.8, 4) is 0 Å². The second-order valence-electron chi connectivity index (χ2n) is 11.6. The van der Waals surface area contributed by atoms with E-state index < -0.39 is 78.7 Å². The molecule has 0 amide bonds. The van der Waals surface area contributed by atoms with Crippen LogP contribution in [0.25, 0.3) is 0 Å². The second kappa shape index (κ2) is 17.3. The van der Waals surface area contributed by atoms with E-state index in [-0.39, 0.29) is 31.7 Å². The molecule has 0 bridgehead atoms. The topological polar surface area (TPSA) is 158 Å². The van der Waals surface area contributed by atoms with E-state index >= 15 is 0 Å². The summed E-state index contributed by atoms with van der Waals surface area (Å²) in [6.07, 6.45) is -0.695. The molecule has 1 unspecified atom stereocenters. The minimum atomic E-state index is -1.22. The summed E-state index contributed by atoms with van der Waals surface area (Å²) in [5, 5.41) is 32.2. The molecule has 42 heavy (non-hydrogen) atoms. The molecule has 11 heteroatoms. The van der Waals surface area contributed by atoms with Gasteiger partial charge in [-0.25, -0.2) is 0 Å². The van der Waals surface area contributed by atoms with Gasteiger partial charge in [-0.15, -0.1) is 0 Å². The van der Waals surface area contributed by atoms with Gasteiger partial charge in [0.25, 0.3) is 0 Å². The molecule has 0 spiro atoms. The number of carbonyl (C=O) groups excluding carboxylic acids is 3. The standard InChI is InChI=1S/C31H50O11/c1-8-25-22(16-40-31-30(39-7)29(38-6)28(37)20(5)41-31)13-17(2)9-10-23(33)18(3)14-21(11-12-32)27(36)19(4)24(34)15-26(35)42-25/h9-10,12-13,18-22,24-25,27-31,34,36-37H,8,11,14-16H2,1-7H3/b10-9-,17-13+/t18-,19+,20-,21+,22-,24-,25?,27-,28-,29-,30-,31-/m1/s1. The van der Waals surface area contributed by atoms with Crippen molar-refractivity contribution in [1.82, 2.24) is 0 Å². The zero-order valence-corrected chi connectivity index (χ0v) is 25.9. The van der Waals surface area contributed by atoms with Crippen molar-refractivity contribution in [2.24, 2.45) is 23.7 Å². The molecule has 0 saturated carbocycles. The van der Waals surface area contributed by atoms with Crippen molar-refractivity contribution < 1.29 is 53.4 Å². The number of hydrogen-bond donors (Lipinski definition) is 3. The van der Waals surface area contributed by atoms with Crippen LogP contribution in [0.3, 0.4) is 0 Å². The number of ether oxygens (including phenoxy) is 5. The normalized spacial score (nSPS) is 41.4. The van der Waals surface area contributed by atoms with Crippen molar-refractivity contribution >= 4 is 18.0 Å². The Hall–Kier alpha value is -1.99. The lowest BCUT2D eigenvalue weighted by molar-refractivity contribution is -0.304. The van der Waals surface area contributed by atoms with Gasteiger partial charge in [0, 0.05) is 38.4 Å². The number of cyclic esters (lactones) is 1. The maximum atomic E-state index is 13.0. The summed E-state index contributed by atoms with van der Waals surface area (Å²) in [4.78, 5) is 37.2. The molecular weight excluding hydrogens is 548 g/mol. The lowest BCUT2D eigenvalue weighted by Gasteiger charge is -2.42. The number of rotatable bonds is 8. The van der Waals surface area contributed by atoms with Crippen molar-refractivity contribution in [3.63, 3.8) is 0 Å². The Morgan fingerprint density at radius 1 is 1.02 bits per heavy atom. The zero-order chi connectivity index (χ0) is 31.6. The highest BCUT2D eigenvalue weighted by atomic mass is 16.7. The van der Waals surface area contributed by atoms with Crippen LogP contribution in [-0.4, -0.2) is 103 Å². The molecule has 2 rings (SSSR count). The quantitative estimate of drug-likeness (QED) is 0.278. The molecule has 1 saturated heterocycles. The zero-order valence-electron chi connectivity index (χ0n) is 25.9. The van der Waals surface area contributed by atoms with Crippen molar-refractivity contribution in [3.05, 3.63) is 23.8 Å². The number of aliphatic hydroxyl groups is 3. The highest BCUT2D eigenvalue weighted by Crippen LogP contribution is 2.29. The predicted molar refractivity (Wildman–Crippen MR) is 153 cm³/mol. The summed E-state index contributed by atoms with van der Waals surface area (Å²) in [5.41, 5.74) is 0.732. The average molecular weight is 599 g/mol. The van der Waals surface area contributed by atoms with Gasteiger partial charge in [-0.1, -0.05) is 38.5 Å². The number of hydrogen-bond acceptors (Lipinski definition) is 11. The Bertz CT molecular complexity index is 934. The van der Waals surface area contributed by atoms with Crippen LogP contribution in [0.1, 0.15) is 60.3 Å². The van der Waals surface area contributed by atoms with Crippen LogP contribution in [0.4, 0.5) is 0 Å². The highest BCUT2D eigenvalue weighted by Gasteiger charge is 2.45. The summed E-state index contributed by atoms with van der Waals surface area (Å²) in [5.74, 6) is -3.03. The van der Waals surface area contributed by atoms with Crippen LogP contribution in [-0.2, 0) is 38.1 Å². The van der Waals surface area contributed by atoms with E-state index in [2.05, 4.69) is 0 Å². The molecule has 3 N–H and O–H groups in total. The van der Waals surface area contributed by atoms with Gasteiger partial charge in [0.05, 0.1) is 31.3 Å². The number of esters is 1. The summed E-state index contributed by atoms with van der Waals surface area (Å²) in [7, 11) is 2.94. The van der Waals surface area contributed by atoms with Crippen molar-refractivity contribution in [2.75, 3.05) is 20.8 Å². The SMILES string of the molecule is CCC1OC(=O)C[C@@H](O)[C@H](C)[C@@H](O)[C@@H](CC=O)C[C@@H](C)C(=O)/C=C\C(C)=C\[C@@H]1CO[C@@H]1O[C@H](C)[C@@H](O)[C@@H](OC)[C@H]1OC. The Morgan fingerprint density at radius 2 is 1.69 bits per heavy atom. The molecule has 0 aromatic heterocycles. The third kappa shape index (κ3) is 9.77. The molecule has 0 radical (unpaired) electrons. The molecule has 11 nitrogen and oxygen atoms in total. The van der Waals surface area contributed by atoms with E-state index in [0.717, 1.165) is 5.57 Å². The van der Waals surface area contributed by atoms with Crippen molar-refractivity contribution in [1.29, 1.82) is 0 Å². The van der Waals surface area contributed by atoms with Gasteiger partial charge in [0.1, 0.15) is 30.7 Å². The van der Waals surface area contributed by atoms with Crippen LogP contribution in [0.2, 0.25) is 0 Å². The van der Waals surface area contributed by atoms with E-state index in [4.69, 9.17) is 23.7 Å². The fourth-order valence-electron chi connectivity index (χ4n) is 5.65. The largest absolute Gasteiger partial charge is 0.462 e. The molecular formula is C31H50O11. The number of methoxy groups -OCH3 is 2. The summed E-state index contributed by atoms with van der Waals surface area (Å²) < 4.78 is 28.8. The lowest BCUT2D eigenvalue weighted by atomic mass is 9.80. The Labute approximate surface area is 249 Å². The molecule has 0 aromatic rings. The first kappa shape index (κ1) is 36.2. The van der Waals surface area contributed by atoms with Crippen LogP contribution >= 0.6 is 0 Å². The van der Waals surface area contributed by atoms with E-state index in [1.807, 2.05) is 19.9 Å². The number of ketones is 1. The van der Waals surface area contributed by atoms with Gasteiger partial charge in [-0.05, 0) is 38.7 Å². The van der Waals surface area contributed by atoms with E-state index in [9.17, 15) is 29.7 Å². The number of aliphatic hydroxyl groups excluding tert-OH is 3. The second-order valence-corrected chi connectivity index (χ2v) is 11.6. The first-order valence-corrected chi connectivity index (χ1v) is 14.8. The van der Waals surface area contributed by atoms with Gasteiger partial charge in [-0.3, -0.25) is 9.59 Å². The number of allylic oxidation sites excluding steroid dienone is 3. The minimum Gasteiger partial charge on any atom is -0.462 e. The van der Waals surface area contributed by atoms with Gasteiger partial charge >= 0.3 is 5.97 Å². The van der Waals surface area contributed by atoms with Crippen LogP contribution in [0, 0.1) is 23.7 Å². The van der Waals surface area contributed by atoms with Gasteiger partial charge < -0.3 is 43.8 Å². The molecule has 12 atom stereocenters. The van der Waals surface area contributed by atoms with E-state index in [1.165, 1.54) is 20.3 Å². The third-order valence-corrected chi connectivity index (χ3v) is 8.45. The van der Waals surface area contributed by atoms with Gasteiger partial charge in [0.15, 0.2) is 12.1 Å². The third-order valence-electron chi connectivity index (χ3n) is 8.45. The van der Waals surface area contributed by atoms with Crippen LogP contribution in [0.15, 0.2) is 23.8 Å². The highest BCUT2D eigenvalue weighted by molar-refractivity contribution is 5.91. The maximum Gasteiger partial charge on any atom is 0.308 e. The first-order chi connectivity index (χ1) is 19.9.